The average molecular weight is 345 g/mol. The van der Waals surface area contributed by atoms with E-state index in [0.717, 1.165) is 23.2 Å². The number of carbonyl (C=O) groups is 1. The van der Waals surface area contributed by atoms with Crippen molar-refractivity contribution in [3.05, 3.63) is 78.0 Å². The zero-order valence-electron chi connectivity index (χ0n) is 14.9. The van der Waals surface area contributed by atoms with Crippen LogP contribution in [-0.4, -0.2) is 15.7 Å². The SMILES string of the molecule is C[C@H]1C[C@@H]1C(=O)NCc1cn(Cc2ccccc2)nc1-c1ccccc1. The standard InChI is InChI=1S/C22H23N3O/c1-16-12-20(16)22(26)23-13-19-15-25(14-17-8-4-2-5-9-17)24-21(19)18-10-6-3-7-11-18/h2-11,15-16,20H,12-14H2,1H3,(H,23,26)/t16-,20-/m0/s1. The van der Waals surface area contributed by atoms with Gasteiger partial charge in [0.15, 0.2) is 0 Å². The number of hydrogen-bond acceptors (Lipinski definition) is 2. The van der Waals surface area contributed by atoms with Crippen LogP contribution in [0.1, 0.15) is 24.5 Å². The van der Waals surface area contributed by atoms with Gasteiger partial charge in [-0.25, -0.2) is 0 Å². The predicted octanol–water partition coefficient (Wildman–Crippen LogP) is 3.87. The minimum atomic E-state index is 0.160. The number of nitrogens with zero attached hydrogens (tertiary/aromatic N) is 2. The van der Waals surface area contributed by atoms with E-state index in [-0.39, 0.29) is 11.8 Å². The van der Waals surface area contributed by atoms with E-state index in [9.17, 15) is 4.79 Å². The molecule has 1 aromatic heterocycles. The molecule has 0 saturated heterocycles. The van der Waals surface area contributed by atoms with E-state index in [2.05, 4.69) is 36.5 Å². The van der Waals surface area contributed by atoms with Crippen LogP contribution >= 0.6 is 0 Å². The van der Waals surface area contributed by atoms with Crippen molar-refractivity contribution < 1.29 is 4.79 Å². The van der Waals surface area contributed by atoms with Crippen LogP contribution in [-0.2, 0) is 17.9 Å². The zero-order chi connectivity index (χ0) is 17.9. The van der Waals surface area contributed by atoms with Gasteiger partial charge in [0.25, 0.3) is 0 Å². The Hall–Kier alpha value is -2.88. The van der Waals surface area contributed by atoms with Crippen LogP contribution in [0.3, 0.4) is 0 Å². The number of hydrogen-bond donors (Lipinski definition) is 1. The van der Waals surface area contributed by atoms with E-state index in [1.165, 1.54) is 5.56 Å². The lowest BCUT2D eigenvalue weighted by Gasteiger charge is -2.05. The first-order chi connectivity index (χ1) is 12.7. The Kier molecular flexibility index (Phi) is 4.57. The Labute approximate surface area is 153 Å². The molecule has 1 fully saturated rings. The van der Waals surface area contributed by atoms with Crippen LogP contribution in [0, 0.1) is 11.8 Å². The van der Waals surface area contributed by atoms with E-state index in [0.29, 0.717) is 19.0 Å². The lowest BCUT2D eigenvalue weighted by atomic mass is 10.1. The van der Waals surface area contributed by atoms with Crippen molar-refractivity contribution >= 4 is 5.91 Å². The molecule has 26 heavy (non-hydrogen) atoms. The van der Waals surface area contributed by atoms with Crippen molar-refractivity contribution in [3.63, 3.8) is 0 Å². The van der Waals surface area contributed by atoms with Gasteiger partial charge in [-0.05, 0) is 17.9 Å². The first-order valence-electron chi connectivity index (χ1n) is 9.14. The molecule has 4 heteroatoms. The zero-order valence-corrected chi connectivity index (χ0v) is 14.9. The predicted molar refractivity (Wildman–Crippen MR) is 102 cm³/mol. The lowest BCUT2D eigenvalue weighted by molar-refractivity contribution is -0.122. The van der Waals surface area contributed by atoms with Gasteiger partial charge >= 0.3 is 0 Å². The van der Waals surface area contributed by atoms with E-state index in [1.54, 1.807) is 0 Å². The van der Waals surface area contributed by atoms with Gasteiger partial charge in [-0.2, -0.15) is 5.10 Å². The molecular weight excluding hydrogens is 322 g/mol. The fourth-order valence-electron chi connectivity index (χ4n) is 3.28. The first-order valence-corrected chi connectivity index (χ1v) is 9.14. The van der Waals surface area contributed by atoms with Crippen molar-refractivity contribution in [2.75, 3.05) is 0 Å². The van der Waals surface area contributed by atoms with Gasteiger partial charge in [0.05, 0.1) is 12.2 Å². The molecular formula is C22H23N3O. The molecule has 0 radical (unpaired) electrons. The van der Waals surface area contributed by atoms with Crippen LogP contribution in [0.15, 0.2) is 66.9 Å². The molecule has 1 saturated carbocycles. The normalized spacial score (nSPS) is 18.5. The van der Waals surface area contributed by atoms with Gasteiger partial charge in [-0.1, -0.05) is 67.6 Å². The summed E-state index contributed by atoms with van der Waals surface area (Å²) in [5, 5.41) is 7.88. The first kappa shape index (κ1) is 16.6. The molecule has 0 unspecified atom stereocenters. The van der Waals surface area contributed by atoms with Crippen molar-refractivity contribution in [2.24, 2.45) is 11.8 Å². The Morgan fingerprint density at radius 2 is 1.77 bits per heavy atom. The largest absolute Gasteiger partial charge is 0.352 e. The van der Waals surface area contributed by atoms with Crippen molar-refractivity contribution in [1.82, 2.24) is 15.1 Å². The summed E-state index contributed by atoms with van der Waals surface area (Å²) in [6.07, 6.45) is 3.05. The minimum absolute atomic E-state index is 0.160. The highest BCUT2D eigenvalue weighted by Gasteiger charge is 2.38. The molecule has 0 aliphatic heterocycles. The Bertz CT molecular complexity index is 886. The Balaban J connectivity index is 1.57. The van der Waals surface area contributed by atoms with Crippen LogP contribution in [0.25, 0.3) is 11.3 Å². The van der Waals surface area contributed by atoms with E-state index in [4.69, 9.17) is 5.10 Å². The van der Waals surface area contributed by atoms with Gasteiger partial charge in [-0.3, -0.25) is 9.48 Å². The molecule has 1 aliphatic rings. The second-order valence-electron chi connectivity index (χ2n) is 7.09. The summed E-state index contributed by atoms with van der Waals surface area (Å²) in [5.74, 6) is 0.867. The van der Waals surface area contributed by atoms with Crippen molar-refractivity contribution in [2.45, 2.75) is 26.4 Å². The van der Waals surface area contributed by atoms with E-state index in [1.807, 2.05) is 47.3 Å². The maximum atomic E-state index is 12.2. The quantitative estimate of drug-likeness (QED) is 0.737. The lowest BCUT2D eigenvalue weighted by Crippen LogP contribution is -2.24. The molecule has 0 bridgehead atoms. The monoisotopic (exact) mass is 345 g/mol. The van der Waals surface area contributed by atoms with E-state index >= 15 is 0 Å². The summed E-state index contributed by atoms with van der Waals surface area (Å²) in [5.41, 5.74) is 4.26. The number of benzene rings is 2. The molecule has 3 aromatic rings. The third-order valence-corrected chi connectivity index (χ3v) is 4.97. The van der Waals surface area contributed by atoms with Crippen molar-refractivity contribution in [1.29, 1.82) is 0 Å². The molecule has 2 aromatic carbocycles. The van der Waals surface area contributed by atoms with Gasteiger partial charge in [0.1, 0.15) is 0 Å². The van der Waals surface area contributed by atoms with Crippen LogP contribution in [0.2, 0.25) is 0 Å². The van der Waals surface area contributed by atoms with Gasteiger partial charge in [0.2, 0.25) is 5.91 Å². The fourth-order valence-corrected chi connectivity index (χ4v) is 3.28. The number of nitrogens with one attached hydrogen (secondary N) is 1. The minimum Gasteiger partial charge on any atom is -0.352 e. The highest BCUT2D eigenvalue weighted by Crippen LogP contribution is 2.37. The molecule has 1 heterocycles. The number of rotatable bonds is 6. The van der Waals surface area contributed by atoms with Crippen LogP contribution < -0.4 is 5.32 Å². The topological polar surface area (TPSA) is 46.9 Å². The van der Waals surface area contributed by atoms with Crippen LogP contribution in [0.5, 0.6) is 0 Å². The maximum Gasteiger partial charge on any atom is 0.223 e. The van der Waals surface area contributed by atoms with Crippen LogP contribution in [0.4, 0.5) is 0 Å². The van der Waals surface area contributed by atoms with Gasteiger partial charge < -0.3 is 5.32 Å². The molecule has 1 amide bonds. The summed E-state index contributed by atoms with van der Waals surface area (Å²) in [6.45, 7) is 3.35. The van der Waals surface area contributed by atoms with Gasteiger partial charge in [-0.15, -0.1) is 0 Å². The second kappa shape index (κ2) is 7.16. The van der Waals surface area contributed by atoms with Gasteiger partial charge in [0, 0.05) is 29.8 Å². The molecule has 0 spiro atoms. The van der Waals surface area contributed by atoms with E-state index < -0.39 is 0 Å². The average Bonchev–Trinajstić information content (AvgIpc) is 3.27. The number of aromatic nitrogens is 2. The highest BCUT2D eigenvalue weighted by atomic mass is 16.2. The highest BCUT2D eigenvalue weighted by molar-refractivity contribution is 5.81. The summed E-state index contributed by atoms with van der Waals surface area (Å²) < 4.78 is 1.96. The molecule has 4 nitrogen and oxygen atoms in total. The molecule has 1 N–H and O–H groups in total. The Morgan fingerprint density at radius 3 is 2.42 bits per heavy atom. The maximum absolute atomic E-state index is 12.2. The molecule has 1 aliphatic carbocycles. The second-order valence-corrected chi connectivity index (χ2v) is 7.09. The summed E-state index contributed by atoms with van der Waals surface area (Å²) in [6, 6.07) is 20.4. The summed E-state index contributed by atoms with van der Waals surface area (Å²) >= 11 is 0. The summed E-state index contributed by atoms with van der Waals surface area (Å²) in [4.78, 5) is 12.2. The molecule has 2 atom stereocenters. The summed E-state index contributed by atoms with van der Waals surface area (Å²) in [7, 11) is 0. The third-order valence-electron chi connectivity index (χ3n) is 4.97. The smallest absolute Gasteiger partial charge is 0.223 e. The fraction of sp³-hybridized carbons (Fsp3) is 0.273. The molecule has 4 rings (SSSR count). The van der Waals surface area contributed by atoms with Crippen molar-refractivity contribution in [3.8, 4) is 11.3 Å². The third kappa shape index (κ3) is 3.69. The number of carbonyl (C=O) groups excluding carboxylic acids is 1. The molecule has 132 valence electrons. The number of amides is 1. The Morgan fingerprint density at radius 1 is 1.12 bits per heavy atom.